The first-order valence-electron chi connectivity index (χ1n) is 7.32. The Balaban J connectivity index is 2.47. The number of hydrogen-bond acceptors (Lipinski definition) is 10. The van der Waals surface area contributed by atoms with Crippen molar-refractivity contribution in [3.05, 3.63) is 31.6 Å². The number of rotatable bonds is 6. The number of aromatic hydroxyl groups is 1. The molecule has 12 heteroatoms. The molecule has 0 saturated carbocycles. The Hall–Kier alpha value is -2.86. The summed E-state index contributed by atoms with van der Waals surface area (Å²) in [5.74, 6) is -1.92. The summed E-state index contributed by atoms with van der Waals surface area (Å²) < 4.78 is 9.72. The quantitative estimate of drug-likeness (QED) is 0.385. The first-order chi connectivity index (χ1) is 12.4. The van der Waals surface area contributed by atoms with E-state index in [9.17, 15) is 19.5 Å². The second-order valence-corrected chi connectivity index (χ2v) is 6.01. The van der Waals surface area contributed by atoms with E-state index < -0.39 is 29.1 Å². The fourth-order valence-electron chi connectivity index (χ4n) is 1.77. The van der Waals surface area contributed by atoms with E-state index in [4.69, 9.17) is 21.7 Å². The lowest BCUT2D eigenvalue weighted by molar-refractivity contribution is 0.0527. The summed E-state index contributed by atoms with van der Waals surface area (Å²) in [6.45, 7) is 3.55. The normalized spacial score (nSPS) is 10.8. The fourth-order valence-corrected chi connectivity index (χ4v) is 2.82. The third-order valence-electron chi connectivity index (χ3n) is 2.82. The Morgan fingerprint density at radius 1 is 1.19 bits per heavy atom. The molecule has 0 aromatic carbocycles. The Kier molecular flexibility index (Phi) is 6.36. The number of hydrogen-bond donors (Lipinski definition) is 3. The third kappa shape index (κ3) is 4.40. The molecule has 0 amide bonds. The lowest BCUT2D eigenvalue weighted by atomic mass is 10.3. The molecule has 0 atom stereocenters. The monoisotopic (exact) mass is 398 g/mol. The van der Waals surface area contributed by atoms with Crippen molar-refractivity contribution in [2.45, 2.75) is 13.8 Å². The maximum absolute atomic E-state index is 12.0. The average molecular weight is 398 g/mol. The minimum atomic E-state index is -0.769. The van der Waals surface area contributed by atoms with E-state index in [0.717, 1.165) is 11.3 Å². The van der Waals surface area contributed by atoms with E-state index in [1.54, 1.807) is 13.8 Å². The summed E-state index contributed by atoms with van der Waals surface area (Å²) in [6, 6.07) is 1.28. The van der Waals surface area contributed by atoms with Crippen molar-refractivity contribution in [2.24, 2.45) is 10.2 Å². The molecule has 26 heavy (non-hydrogen) atoms. The molecule has 2 rings (SSSR count). The van der Waals surface area contributed by atoms with Gasteiger partial charge in [0.15, 0.2) is 9.77 Å². The SMILES string of the molecule is CCOC(=O)c1cc(C(=O)OCC)c(N=Nc2c(O)[nH]c(=S)[nH]c2=O)s1. The van der Waals surface area contributed by atoms with Crippen LogP contribution >= 0.6 is 23.6 Å². The largest absolute Gasteiger partial charge is 0.493 e. The molecule has 0 unspecified atom stereocenters. The summed E-state index contributed by atoms with van der Waals surface area (Å²) in [7, 11) is 0. The maximum Gasteiger partial charge on any atom is 0.348 e. The van der Waals surface area contributed by atoms with E-state index >= 15 is 0 Å². The highest BCUT2D eigenvalue weighted by molar-refractivity contribution is 7.71. The van der Waals surface area contributed by atoms with Crippen LogP contribution in [0.3, 0.4) is 0 Å². The van der Waals surface area contributed by atoms with Gasteiger partial charge in [0.1, 0.15) is 4.88 Å². The van der Waals surface area contributed by atoms with Crippen LogP contribution in [0.5, 0.6) is 5.88 Å². The van der Waals surface area contributed by atoms with Crippen molar-refractivity contribution in [1.82, 2.24) is 9.97 Å². The van der Waals surface area contributed by atoms with E-state index in [2.05, 4.69) is 20.2 Å². The van der Waals surface area contributed by atoms with Crippen molar-refractivity contribution < 1.29 is 24.2 Å². The molecule has 10 nitrogen and oxygen atoms in total. The highest BCUT2D eigenvalue weighted by Gasteiger charge is 2.21. The van der Waals surface area contributed by atoms with Crippen LogP contribution < -0.4 is 5.56 Å². The second kappa shape index (κ2) is 8.49. The van der Waals surface area contributed by atoms with Gasteiger partial charge in [-0.1, -0.05) is 0 Å². The number of thiophene rings is 1. The van der Waals surface area contributed by atoms with Crippen molar-refractivity contribution in [3.63, 3.8) is 0 Å². The number of azo groups is 1. The number of esters is 2. The van der Waals surface area contributed by atoms with Crippen LogP contribution in [0, 0.1) is 4.77 Å². The lowest BCUT2D eigenvalue weighted by Gasteiger charge is -1.99. The van der Waals surface area contributed by atoms with Crippen LogP contribution in [-0.4, -0.2) is 40.2 Å². The predicted molar refractivity (Wildman–Crippen MR) is 94.3 cm³/mol. The Morgan fingerprint density at radius 2 is 1.85 bits per heavy atom. The molecule has 0 bridgehead atoms. The highest BCUT2D eigenvalue weighted by atomic mass is 32.1. The van der Waals surface area contributed by atoms with E-state index in [1.165, 1.54) is 6.07 Å². The van der Waals surface area contributed by atoms with E-state index in [0.29, 0.717) is 0 Å². The zero-order chi connectivity index (χ0) is 19.3. The van der Waals surface area contributed by atoms with Gasteiger partial charge in [0.05, 0.1) is 18.8 Å². The highest BCUT2D eigenvalue weighted by Crippen LogP contribution is 2.34. The average Bonchev–Trinajstić information content (AvgIpc) is 2.99. The zero-order valence-electron chi connectivity index (χ0n) is 13.7. The topological polar surface area (TPSA) is 146 Å². The Labute approximate surface area is 155 Å². The molecular weight excluding hydrogens is 384 g/mol. The van der Waals surface area contributed by atoms with Gasteiger partial charge in [-0.2, -0.15) is 0 Å². The third-order valence-corrected chi connectivity index (χ3v) is 4.03. The van der Waals surface area contributed by atoms with Gasteiger partial charge in [0, 0.05) is 0 Å². The van der Waals surface area contributed by atoms with Gasteiger partial charge in [0.25, 0.3) is 5.56 Å². The number of carbonyl (C=O) groups is 2. The smallest absolute Gasteiger partial charge is 0.348 e. The van der Waals surface area contributed by atoms with Crippen LogP contribution in [0.1, 0.15) is 33.9 Å². The first kappa shape index (κ1) is 19.5. The minimum absolute atomic E-state index is 0.0107. The van der Waals surface area contributed by atoms with Gasteiger partial charge in [-0.05, 0) is 32.1 Å². The summed E-state index contributed by atoms with van der Waals surface area (Å²) in [5, 5.41) is 17.2. The molecule has 0 spiro atoms. The molecule has 2 aromatic rings. The molecule has 0 saturated heterocycles. The summed E-state index contributed by atoms with van der Waals surface area (Å²) in [6.07, 6.45) is 0. The fraction of sp³-hybridized carbons (Fsp3) is 0.286. The number of nitrogens with zero attached hydrogens (tertiary/aromatic N) is 2. The molecule has 0 aliphatic heterocycles. The summed E-state index contributed by atoms with van der Waals surface area (Å²) in [5.41, 5.74) is -1.21. The molecule has 138 valence electrons. The van der Waals surface area contributed by atoms with Crippen LogP contribution in [-0.2, 0) is 9.47 Å². The number of aromatic amines is 2. The first-order valence-corrected chi connectivity index (χ1v) is 8.55. The minimum Gasteiger partial charge on any atom is -0.493 e. The standard InChI is InChI=1S/C14H14N4O6S2/c1-3-23-12(21)6-5-7(13(22)24-4-2)26-11(6)18-17-8-9(19)15-14(25)16-10(8)20/h5H,3-4H2,1-2H3,(H3,15,16,19,20,25). The number of nitrogens with one attached hydrogen (secondary N) is 2. The number of H-pyrrole nitrogens is 2. The van der Waals surface area contributed by atoms with Gasteiger partial charge < -0.3 is 19.6 Å². The Bertz CT molecular complexity index is 975. The van der Waals surface area contributed by atoms with Crippen molar-refractivity contribution in [3.8, 4) is 5.88 Å². The van der Waals surface area contributed by atoms with Gasteiger partial charge >= 0.3 is 11.9 Å². The molecule has 0 aliphatic carbocycles. The molecule has 0 fully saturated rings. The maximum atomic E-state index is 12.0. The molecule has 0 aliphatic rings. The van der Waals surface area contributed by atoms with Crippen molar-refractivity contribution in [2.75, 3.05) is 13.2 Å². The molecular formula is C14H14N4O6S2. The van der Waals surface area contributed by atoms with Gasteiger partial charge in [0.2, 0.25) is 11.6 Å². The zero-order valence-corrected chi connectivity index (χ0v) is 15.3. The molecule has 2 aromatic heterocycles. The number of carbonyl (C=O) groups excluding carboxylic acids is 2. The predicted octanol–water partition coefficient (Wildman–Crippen LogP) is 2.97. The van der Waals surface area contributed by atoms with E-state index in [1.807, 2.05) is 0 Å². The van der Waals surface area contributed by atoms with Gasteiger partial charge in [-0.15, -0.1) is 21.6 Å². The van der Waals surface area contributed by atoms with Crippen molar-refractivity contribution >= 4 is 46.2 Å². The Morgan fingerprint density at radius 3 is 2.46 bits per heavy atom. The lowest BCUT2D eigenvalue weighted by Crippen LogP contribution is -2.06. The van der Waals surface area contributed by atoms with Gasteiger partial charge in [-0.3, -0.25) is 9.78 Å². The summed E-state index contributed by atoms with van der Waals surface area (Å²) >= 11 is 5.55. The van der Waals surface area contributed by atoms with Crippen molar-refractivity contribution in [1.29, 1.82) is 0 Å². The molecule has 0 radical (unpaired) electrons. The van der Waals surface area contributed by atoms with Crippen LogP contribution in [0.2, 0.25) is 0 Å². The molecule has 2 heterocycles. The van der Waals surface area contributed by atoms with Crippen LogP contribution in [0.25, 0.3) is 0 Å². The summed E-state index contributed by atoms with van der Waals surface area (Å²) in [4.78, 5) is 40.4. The van der Waals surface area contributed by atoms with E-state index in [-0.39, 0.29) is 33.4 Å². The van der Waals surface area contributed by atoms with Gasteiger partial charge in [-0.25, -0.2) is 9.59 Å². The van der Waals surface area contributed by atoms with Crippen LogP contribution in [0.4, 0.5) is 10.7 Å². The van der Waals surface area contributed by atoms with Crippen LogP contribution in [0.15, 0.2) is 21.1 Å². The number of ether oxygens (including phenoxy) is 2. The second-order valence-electron chi connectivity index (χ2n) is 4.58. The molecule has 3 N–H and O–H groups in total. The number of aromatic nitrogens is 2.